The van der Waals surface area contributed by atoms with E-state index in [4.69, 9.17) is 9.84 Å². The van der Waals surface area contributed by atoms with Gasteiger partial charge in [0.1, 0.15) is 18.1 Å². The number of unbranched alkanes of at least 4 members (excludes halogenated alkanes) is 2. The van der Waals surface area contributed by atoms with E-state index in [1.54, 1.807) is 16.7 Å². The predicted octanol–water partition coefficient (Wildman–Crippen LogP) is 5.12. The molecule has 8 heteroatoms. The number of anilines is 1. The number of rotatable bonds is 9. The van der Waals surface area contributed by atoms with Crippen molar-refractivity contribution in [1.82, 2.24) is 20.0 Å². The van der Waals surface area contributed by atoms with Gasteiger partial charge in [0.25, 0.3) is 0 Å². The molecule has 2 N–H and O–H groups in total. The first-order valence-corrected chi connectivity index (χ1v) is 12.0. The molecule has 1 aromatic carbocycles. The van der Waals surface area contributed by atoms with E-state index in [-0.39, 0.29) is 29.4 Å². The number of hydrogen-bond donors (Lipinski definition) is 2. The summed E-state index contributed by atoms with van der Waals surface area (Å²) in [6, 6.07) is 9.14. The average molecular weight is 472 g/mol. The largest absolute Gasteiger partial charge is 0.497 e. The highest BCUT2D eigenvalue weighted by molar-refractivity contribution is 5.94. The summed E-state index contributed by atoms with van der Waals surface area (Å²) in [5, 5.41) is 10.7. The van der Waals surface area contributed by atoms with Crippen LogP contribution in [-0.2, 0) is 10.2 Å². The van der Waals surface area contributed by atoms with E-state index in [0.717, 1.165) is 36.4 Å². The first-order valence-electron chi connectivity index (χ1n) is 12.0. The molecule has 0 unspecified atom stereocenters. The highest BCUT2D eigenvalue weighted by Gasteiger charge is 2.24. The van der Waals surface area contributed by atoms with Gasteiger partial charge in [-0.25, -0.2) is 9.48 Å². The van der Waals surface area contributed by atoms with E-state index in [2.05, 4.69) is 38.3 Å². The smallest absolute Gasteiger partial charge is 0.318 e. The van der Waals surface area contributed by atoms with E-state index in [1.807, 2.05) is 51.1 Å². The summed E-state index contributed by atoms with van der Waals surface area (Å²) in [6.07, 6.45) is 2.89. The van der Waals surface area contributed by atoms with Crippen molar-refractivity contribution in [3.05, 3.63) is 36.0 Å². The van der Waals surface area contributed by atoms with Crippen molar-refractivity contribution in [2.24, 2.45) is 0 Å². The topological polar surface area (TPSA) is 88.5 Å². The van der Waals surface area contributed by atoms with Crippen molar-refractivity contribution in [2.75, 3.05) is 25.5 Å². The van der Waals surface area contributed by atoms with Gasteiger partial charge in [0.2, 0.25) is 5.91 Å². The van der Waals surface area contributed by atoms with Gasteiger partial charge in [-0.3, -0.25) is 4.79 Å². The van der Waals surface area contributed by atoms with E-state index in [9.17, 15) is 9.59 Å². The number of nitrogens with one attached hydrogen (secondary N) is 2. The fourth-order valence-electron chi connectivity index (χ4n) is 3.32. The standard InChI is InChI=1S/C26H41N5O3/c1-9-10-11-16-30(24(33)28-26(5,6)7)18-23(32)27-22-17-21(25(2,3)4)29-31(22)19-12-14-20(34-8)15-13-19/h12-15,17H,9-11,16,18H2,1-8H3,(H,27,32)(H,28,33). The number of ether oxygens (including phenoxy) is 1. The summed E-state index contributed by atoms with van der Waals surface area (Å²) in [4.78, 5) is 27.5. The van der Waals surface area contributed by atoms with Gasteiger partial charge in [0, 0.05) is 23.6 Å². The Hall–Kier alpha value is -3.03. The molecule has 1 aromatic heterocycles. The maximum Gasteiger partial charge on any atom is 0.318 e. The van der Waals surface area contributed by atoms with Crippen LogP contribution in [0.1, 0.15) is 73.4 Å². The van der Waals surface area contributed by atoms with Crippen LogP contribution in [0.3, 0.4) is 0 Å². The molecule has 0 radical (unpaired) electrons. The first kappa shape index (κ1) is 27.2. The Labute approximate surface area is 204 Å². The lowest BCUT2D eigenvalue weighted by Crippen LogP contribution is -2.50. The minimum Gasteiger partial charge on any atom is -0.497 e. The lowest BCUT2D eigenvalue weighted by Gasteiger charge is -2.28. The average Bonchev–Trinajstić information content (AvgIpc) is 3.16. The number of urea groups is 1. The molecular weight excluding hydrogens is 430 g/mol. The number of carbonyl (C=O) groups excluding carboxylic acids is 2. The molecule has 0 aliphatic rings. The predicted molar refractivity (Wildman–Crippen MR) is 137 cm³/mol. The Balaban J connectivity index is 2.27. The second-order valence-electron chi connectivity index (χ2n) is 10.6. The van der Waals surface area contributed by atoms with E-state index in [1.165, 1.54) is 0 Å². The van der Waals surface area contributed by atoms with Crippen molar-refractivity contribution in [1.29, 1.82) is 0 Å². The molecule has 8 nitrogen and oxygen atoms in total. The maximum atomic E-state index is 13.1. The molecule has 2 aromatic rings. The van der Waals surface area contributed by atoms with E-state index < -0.39 is 0 Å². The van der Waals surface area contributed by atoms with Crippen LogP contribution in [0.25, 0.3) is 5.69 Å². The third kappa shape index (κ3) is 8.08. The number of amides is 3. The molecule has 188 valence electrons. The molecule has 0 saturated carbocycles. The lowest BCUT2D eigenvalue weighted by molar-refractivity contribution is -0.116. The number of nitrogens with zero attached hydrogens (tertiary/aromatic N) is 3. The monoisotopic (exact) mass is 471 g/mol. The van der Waals surface area contributed by atoms with Gasteiger partial charge in [-0.15, -0.1) is 0 Å². The summed E-state index contributed by atoms with van der Waals surface area (Å²) in [6.45, 7) is 14.6. The minimum atomic E-state index is -0.384. The summed E-state index contributed by atoms with van der Waals surface area (Å²) in [5.41, 5.74) is 1.07. The zero-order valence-electron chi connectivity index (χ0n) is 22.0. The molecule has 0 aliphatic heterocycles. The summed E-state index contributed by atoms with van der Waals surface area (Å²) in [7, 11) is 1.62. The van der Waals surface area contributed by atoms with Crippen LogP contribution >= 0.6 is 0 Å². The zero-order chi connectivity index (χ0) is 25.5. The normalized spacial score (nSPS) is 11.8. The van der Waals surface area contributed by atoms with Crippen LogP contribution in [0.2, 0.25) is 0 Å². The van der Waals surface area contributed by atoms with Gasteiger partial charge in [0.05, 0.1) is 18.5 Å². The molecule has 34 heavy (non-hydrogen) atoms. The third-order valence-electron chi connectivity index (χ3n) is 5.20. The van der Waals surface area contributed by atoms with Crippen molar-refractivity contribution in [3.63, 3.8) is 0 Å². The molecule has 0 aliphatic carbocycles. The maximum absolute atomic E-state index is 13.1. The summed E-state index contributed by atoms with van der Waals surface area (Å²) in [5.74, 6) is 1.03. The zero-order valence-corrected chi connectivity index (χ0v) is 22.0. The molecular formula is C26H41N5O3. The van der Waals surface area contributed by atoms with Gasteiger partial charge >= 0.3 is 6.03 Å². The van der Waals surface area contributed by atoms with Crippen LogP contribution < -0.4 is 15.4 Å². The minimum absolute atomic E-state index is 0.0374. The second kappa shape index (κ2) is 11.4. The summed E-state index contributed by atoms with van der Waals surface area (Å²) >= 11 is 0. The number of aromatic nitrogens is 2. The Kier molecular flexibility index (Phi) is 9.13. The Morgan fingerprint density at radius 1 is 1.06 bits per heavy atom. The van der Waals surface area contributed by atoms with Crippen LogP contribution in [0.15, 0.2) is 30.3 Å². The van der Waals surface area contributed by atoms with Crippen LogP contribution in [-0.4, -0.2) is 52.4 Å². The van der Waals surface area contributed by atoms with Gasteiger partial charge in [-0.05, 0) is 51.5 Å². The van der Waals surface area contributed by atoms with Gasteiger partial charge < -0.3 is 20.3 Å². The van der Waals surface area contributed by atoms with E-state index in [0.29, 0.717) is 12.4 Å². The molecule has 0 atom stereocenters. The van der Waals surface area contributed by atoms with Gasteiger partial charge in [-0.1, -0.05) is 40.5 Å². The number of benzene rings is 1. The second-order valence-corrected chi connectivity index (χ2v) is 10.6. The molecule has 0 saturated heterocycles. The van der Waals surface area contributed by atoms with Crippen molar-refractivity contribution in [3.8, 4) is 11.4 Å². The van der Waals surface area contributed by atoms with Crippen molar-refractivity contribution >= 4 is 17.8 Å². The van der Waals surface area contributed by atoms with E-state index >= 15 is 0 Å². The molecule has 0 bridgehead atoms. The fourth-order valence-corrected chi connectivity index (χ4v) is 3.32. The molecule has 0 fully saturated rings. The van der Waals surface area contributed by atoms with Crippen LogP contribution in [0.5, 0.6) is 5.75 Å². The third-order valence-corrected chi connectivity index (χ3v) is 5.20. The quantitative estimate of drug-likeness (QED) is 0.497. The van der Waals surface area contributed by atoms with Crippen LogP contribution in [0, 0.1) is 0 Å². The number of carbonyl (C=O) groups is 2. The summed E-state index contributed by atoms with van der Waals surface area (Å²) < 4.78 is 6.97. The first-order chi connectivity index (χ1) is 15.8. The number of hydrogen-bond acceptors (Lipinski definition) is 4. The van der Waals surface area contributed by atoms with Crippen LogP contribution in [0.4, 0.5) is 10.6 Å². The van der Waals surface area contributed by atoms with Crippen molar-refractivity contribution in [2.45, 2.75) is 78.7 Å². The highest BCUT2D eigenvalue weighted by atomic mass is 16.5. The Morgan fingerprint density at radius 3 is 2.24 bits per heavy atom. The lowest BCUT2D eigenvalue weighted by atomic mass is 9.92. The molecule has 2 rings (SSSR count). The van der Waals surface area contributed by atoms with Crippen molar-refractivity contribution < 1.29 is 14.3 Å². The van der Waals surface area contributed by atoms with Gasteiger partial charge in [-0.2, -0.15) is 5.10 Å². The van der Waals surface area contributed by atoms with Gasteiger partial charge in [0.15, 0.2) is 0 Å². The molecule has 3 amide bonds. The molecule has 1 heterocycles. The fraction of sp³-hybridized carbons (Fsp3) is 0.577. The molecule has 0 spiro atoms. The Bertz CT molecular complexity index is 952. The highest BCUT2D eigenvalue weighted by Crippen LogP contribution is 2.27. The SMILES string of the molecule is CCCCCN(CC(=O)Nc1cc(C(C)(C)C)nn1-c1ccc(OC)cc1)C(=O)NC(C)(C)C. The number of methoxy groups -OCH3 is 1. The Morgan fingerprint density at radius 2 is 1.71 bits per heavy atom.